The molecular formula is C14H16F3N3OS. The molecule has 0 bridgehead atoms. The third-order valence-electron chi connectivity index (χ3n) is 2.88. The van der Waals surface area contributed by atoms with Crippen molar-refractivity contribution < 1.29 is 17.9 Å². The Morgan fingerprint density at radius 1 is 1.32 bits per heavy atom. The molecule has 0 aliphatic heterocycles. The van der Waals surface area contributed by atoms with E-state index in [0.29, 0.717) is 26.3 Å². The van der Waals surface area contributed by atoms with Crippen LogP contribution in [-0.2, 0) is 17.5 Å². The van der Waals surface area contributed by atoms with E-state index < -0.39 is 12.0 Å². The zero-order valence-electron chi connectivity index (χ0n) is 12.0. The Morgan fingerprint density at radius 3 is 2.77 bits per heavy atom. The van der Waals surface area contributed by atoms with E-state index in [9.17, 15) is 13.2 Å². The van der Waals surface area contributed by atoms with E-state index in [0.717, 1.165) is 11.8 Å². The number of alkyl halides is 3. The number of ether oxygens (including phenoxy) is 1. The zero-order valence-corrected chi connectivity index (χ0v) is 12.8. The van der Waals surface area contributed by atoms with Crippen molar-refractivity contribution in [2.24, 2.45) is 0 Å². The van der Waals surface area contributed by atoms with Gasteiger partial charge < -0.3 is 9.64 Å². The topological polar surface area (TPSA) is 38.2 Å². The molecule has 2 aromatic heterocycles. The summed E-state index contributed by atoms with van der Waals surface area (Å²) in [5.74, 6) is -0.884. The maximum Gasteiger partial charge on any atom is 0.451 e. The van der Waals surface area contributed by atoms with Crippen LogP contribution in [0.5, 0.6) is 0 Å². The molecule has 0 aliphatic rings. The number of thiophene rings is 1. The first-order valence-electron chi connectivity index (χ1n) is 6.74. The number of halogens is 3. The van der Waals surface area contributed by atoms with Gasteiger partial charge in [-0.25, -0.2) is 9.97 Å². The van der Waals surface area contributed by atoms with Crippen molar-refractivity contribution >= 4 is 17.2 Å². The summed E-state index contributed by atoms with van der Waals surface area (Å²) >= 11 is 1.54. The molecule has 0 saturated carbocycles. The van der Waals surface area contributed by atoms with E-state index >= 15 is 0 Å². The number of nitrogens with zero attached hydrogens (tertiary/aromatic N) is 3. The summed E-state index contributed by atoms with van der Waals surface area (Å²) in [5, 5.41) is 3.89. The molecule has 0 aromatic carbocycles. The minimum absolute atomic E-state index is 0.244. The molecule has 4 nitrogen and oxygen atoms in total. The molecule has 0 fully saturated rings. The number of hydrogen-bond donors (Lipinski definition) is 0. The second-order valence-corrected chi connectivity index (χ2v) is 5.27. The summed E-state index contributed by atoms with van der Waals surface area (Å²) in [6, 6.07) is 3.41. The van der Waals surface area contributed by atoms with E-state index in [2.05, 4.69) is 9.97 Å². The molecule has 8 heteroatoms. The van der Waals surface area contributed by atoms with Crippen LogP contribution < -0.4 is 4.90 Å². The molecule has 0 N–H and O–H groups in total. The van der Waals surface area contributed by atoms with Gasteiger partial charge in [-0.1, -0.05) is 0 Å². The Balaban J connectivity index is 2.19. The predicted octanol–water partition coefficient (Wildman–Crippen LogP) is 3.60. The molecule has 0 atom stereocenters. The lowest BCUT2D eigenvalue weighted by Crippen LogP contribution is -2.28. The van der Waals surface area contributed by atoms with Crippen LogP contribution in [0.3, 0.4) is 0 Å². The Labute approximate surface area is 130 Å². The Morgan fingerprint density at radius 2 is 2.14 bits per heavy atom. The zero-order chi connectivity index (χ0) is 16.0. The third kappa shape index (κ3) is 4.67. The lowest BCUT2D eigenvalue weighted by molar-refractivity contribution is -0.144. The lowest BCUT2D eigenvalue weighted by atomic mass is 10.3. The second-order valence-electron chi connectivity index (χ2n) is 4.49. The molecule has 2 rings (SSSR count). The Bertz CT molecular complexity index is 575. The van der Waals surface area contributed by atoms with E-state index in [1.165, 1.54) is 6.07 Å². The molecule has 22 heavy (non-hydrogen) atoms. The van der Waals surface area contributed by atoms with Crippen LogP contribution >= 0.6 is 11.3 Å². The molecule has 2 heterocycles. The highest BCUT2D eigenvalue weighted by molar-refractivity contribution is 7.07. The van der Waals surface area contributed by atoms with E-state index in [1.54, 1.807) is 16.2 Å². The number of rotatable bonds is 7. The molecule has 0 radical (unpaired) electrons. The molecule has 0 saturated heterocycles. The SMILES string of the molecule is CCOCCN(Cc1ccsc1)c1ccnc(C(F)(F)F)n1. The summed E-state index contributed by atoms with van der Waals surface area (Å²) in [6.45, 7) is 3.79. The first-order valence-corrected chi connectivity index (χ1v) is 7.69. The lowest BCUT2D eigenvalue weighted by Gasteiger charge is -2.23. The summed E-state index contributed by atoms with van der Waals surface area (Å²) < 4.78 is 43.5. The first kappa shape index (κ1) is 16.7. The highest BCUT2D eigenvalue weighted by Gasteiger charge is 2.35. The number of anilines is 1. The molecule has 0 spiro atoms. The highest BCUT2D eigenvalue weighted by atomic mass is 32.1. The van der Waals surface area contributed by atoms with Gasteiger partial charge in [-0.15, -0.1) is 0 Å². The summed E-state index contributed by atoms with van der Waals surface area (Å²) in [5.41, 5.74) is 1.02. The summed E-state index contributed by atoms with van der Waals surface area (Å²) in [6.07, 6.45) is -3.42. The van der Waals surface area contributed by atoms with Gasteiger partial charge in [0.1, 0.15) is 5.82 Å². The van der Waals surface area contributed by atoms with Crippen molar-refractivity contribution in [3.63, 3.8) is 0 Å². The van der Waals surface area contributed by atoms with Gasteiger partial charge in [0, 0.05) is 25.9 Å². The van der Waals surface area contributed by atoms with Gasteiger partial charge >= 0.3 is 6.18 Å². The van der Waals surface area contributed by atoms with Crippen molar-refractivity contribution in [2.75, 3.05) is 24.7 Å². The maximum absolute atomic E-state index is 12.7. The van der Waals surface area contributed by atoms with Gasteiger partial charge in [0.2, 0.25) is 5.82 Å². The van der Waals surface area contributed by atoms with Gasteiger partial charge in [-0.2, -0.15) is 24.5 Å². The van der Waals surface area contributed by atoms with Crippen LogP contribution in [0, 0.1) is 0 Å². The molecule has 120 valence electrons. The second kappa shape index (κ2) is 7.55. The highest BCUT2D eigenvalue weighted by Crippen LogP contribution is 2.27. The van der Waals surface area contributed by atoms with Crippen LogP contribution in [0.15, 0.2) is 29.1 Å². The van der Waals surface area contributed by atoms with Crippen LogP contribution in [0.2, 0.25) is 0 Å². The Kier molecular flexibility index (Phi) is 5.73. The normalized spacial score (nSPS) is 11.6. The predicted molar refractivity (Wildman–Crippen MR) is 78.9 cm³/mol. The fourth-order valence-corrected chi connectivity index (χ4v) is 2.52. The monoisotopic (exact) mass is 331 g/mol. The van der Waals surface area contributed by atoms with Crippen molar-refractivity contribution in [1.29, 1.82) is 0 Å². The molecule has 0 unspecified atom stereocenters. The van der Waals surface area contributed by atoms with Gasteiger partial charge in [0.15, 0.2) is 0 Å². The Hall–Kier alpha value is -1.67. The fraction of sp³-hybridized carbons (Fsp3) is 0.429. The van der Waals surface area contributed by atoms with Crippen LogP contribution in [-0.4, -0.2) is 29.7 Å². The standard InChI is InChI=1S/C14H16F3N3OS/c1-2-21-7-6-20(9-11-4-8-22-10-11)12-3-5-18-13(19-12)14(15,16)17/h3-5,8,10H,2,6-7,9H2,1H3. The average molecular weight is 331 g/mol. The average Bonchev–Trinajstić information content (AvgIpc) is 2.99. The van der Waals surface area contributed by atoms with Gasteiger partial charge in [-0.3, -0.25) is 0 Å². The quantitative estimate of drug-likeness (QED) is 0.727. The van der Waals surface area contributed by atoms with Gasteiger partial charge in [-0.05, 0) is 35.4 Å². The van der Waals surface area contributed by atoms with Crippen molar-refractivity contribution in [1.82, 2.24) is 9.97 Å². The van der Waals surface area contributed by atoms with Gasteiger partial charge in [0.05, 0.1) is 6.61 Å². The molecule has 0 amide bonds. The maximum atomic E-state index is 12.7. The molecule has 2 aromatic rings. The van der Waals surface area contributed by atoms with E-state index in [1.807, 2.05) is 23.8 Å². The van der Waals surface area contributed by atoms with Crippen molar-refractivity contribution in [3.05, 3.63) is 40.5 Å². The van der Waals surface area contributed by atoms with Gasteiger partial charge in [0.25, 0.3) is 0 Å². The van der Waals surface area contributed by atoms with Crippen molar-refractivity contribution in [2.45, 2.75) is 19.6 Å². The largest absolute Gasteiger partial charge is 0.451 e. The van der Waals surface area contributed by atoms with Crippen LogP contribution in [0.25, 0.3) is 0 Å². The van der Waals surface area contributed by atoms with Crippen LogP contribution in [0.1, 0.15) is 18.3 Å². The fourth-order valence-electron chi connectivity index (χ4n) is 1.86. The molecular weight excluding hydrogens is 315 g/mol. The minimum atomic E-state index is -4.55. The van der Waals surface area contributed by atoms with E-state index in [-0.39, 0.29) is 5.82 Å². The number of aromatic nitrogens is 2. The van der Waals surface area contributed by atoms with E-state index in [4.69, 9.17) is 4.74 Å². The number of hydrogen-bond acceptors (Lipinski definition) is 5. The minimum Gasteiger partial charge on any atom is -0.380 e. The summed E-state index contributed by atoms with van der Waals surface area (Å²) in [4.78, 5) is 8.69. The third-order valence-corrected chi connectivity index (χ3v) is 3.61. The first-order chi connectivity index (χ1) is 10.5. The summed E-state index contributed by atoms with van der Waals surface area (Å²) in [7, 11) is 0. The molecule has 0 aliphatic carbocycles. The van der Waals surface area contributed by atoms with Crippen LogP contribution in [0.4, 0.5) is 19.0 Å². The smallest absolute Gasteiger partial charge is 0.380 e. The van der Waals surface area contributed by atoms with Crippen molar-refractivity contribution in [3.8, 4) is 0 Å².